The highest BCUT2D eigenvalue weighted by atomic mass is 16.5. The van der Waals surface area contributed by atoms with Gasteiger partial charge in [-0.15, -0.1) is 0 Å². The van der Waals surface area contributed by atoms with Crippen molar-refractivity contribution in [3.8, 4) is 0 Å². The molecule has 106 valence electrons. The highest BCUT2D eigenvalue weighted by Gasteiger charge is 2.67. The summed E-state index contributed by atoms with van der Waals surface area (Å²) in [6, 6.07) is 0. The van der Waals surface area contributed by atoms with Crippen molar-refractivity contribution in [3.05, 3.63) is 12.2 Å². The van der Waals surface area contributed by atoms with E-state index in [1.807, 2.05) is 0 Å². The molecule has 0 saturated heterocycles. The first kappa shape index (κ1) is 13.2. The molecule has 4 rings (SSSR count). The molecule has 3 nitrogen and oxygen atoms in total. The molecule has 1 N–H and O–H groups in total. The number of hydrogen-bond acceptors (Lipinski definition) is 3. The zero-order chi connectivity index (χ0) is 13.9. The van der Waals surface area contributed by atoms with Crippen LogP contribution in [0.1, 0.15) is 39.5 Å². The van der Waals surface area contributed by atoms with Crippen LogP contribution in [-0.2, 0) is 9.53 Å². The van der Waals surface area contributed by atoms with E-state index in [2.05, 4.69) is 26.0 Å². The quantitative estimate of drug-likeness (QED) is 0.616. The molecule has 1 spiro atoms. The number of hydrogen-bond donors (Lipinski definition) is 1. The van der Waals surface area contributed by atoms with E-state index in [4.69, 9.17) is 4.74 Å². The largest absolute Gasteiger partial charge is 0.469 e. The molecule has 5 unspecified atom stereocenters. The van der Waals surface area contributed by atoms with E-state index in [1.54, 1.807) is 0 Å². The van der Waals surface area contributed by atoms with E-state index in [1.165, 1.54) is 7.11 Å². The van der Waals surface area contributed by atoms with Gasteiger partial charge in [-0.2, -0.15) is 0 Å². The molecular weight excluding hydrogens is 240 g/mol. The lowest BCUT2D eigenvalue weighted by atomic mass is 9.42. The molecule has 4 aliphatic rings. The van der Waals surface area contributed by atoms with Crippen LogP contribution in [0.3, 0.4) is 0 Å². The fraction of sp³-hybridized carbons (Fsp3) is 0.812. The number of esters is 1. The Morgan fingerprint density at radius 1 is 1.32 bits per heavy atom. The average Bonchev–Trinajstić information content (AvgIpc) is 2.81. The number of allylic oxidation sites excluding steroid dienone is 2. The van der Waals surface area contributed by atoms with Gasteiger partial charge in [-0.1, -0.05) is 26.0 Å². The average molecular weight is 264 g/mol. The summed E-state index contributed by atoms with van der Waals surface area (Å²) in [5, 5.41) is 10.0. The molecule has 0 aromatic carbocycles. The maximum absolute atomic E-state index is 12.1. The second-order valence-electron chi connectivity index (χ2n) is 7.14. The number of methoxy groups -OCH3 is 1. The van der Waals surface area contributed by atoms with Gasteiger partial charge in [0.1, 0.15) is 0 Å². The SMILES string of the molecule is COC(=O)C1CCC2C13C=CC(C)(CC3)C2(C)CO. The van der Waals surface area contributed by atoms with Gasteiger partial charge in [-0.05, 0) is 37.0 Å². The van der Waals surface area contributed by atoms with Crippen molar-refractivity contribution in [2.24, 2.45) is 28.1 Å². The minimum atomic E-state index is -0.108. The van der Waals surface area contributed by atoms with Crippen LogP contribution in [0.2, 0.25) is 0 Å². The van der Waals surface area contributed by atoms with Gasteiger partial charge in [0.25, 0.3) is 0 Å². The predicted octanol–water partition coefficient (Wildman–Crippen LogP) is 2.54. The summed E-state index contributed by atoms with van der Waals surface area (Å²) in [4.78, 5) is 12.1. The molecule has 19 heavy (non-hydrogen) atoms. The Hall–Kier alpha value is -0.830. The molecule has 0 aromatic heterocycles. The molecule has 3 heteroatoms. The molecule has 2 fully saturated rings. The third-order valence-electron chi connectivity index (χ3n) is 6.77. The van der Waals surface area contributed by atoms with Crippen LogP contribution in [0.15, 0.2) is 12.2 Å². The van der Waals surface area contributed by atoms with Crippen LogP contribution in [0.5, 0.6) is 0 Å². The van der Waals surface area contributed by atoms with Gasteiger partial charge in [0.05, 0.1) is 13.0 Å². The molecule has 0 amide bonds. The van der Waals surface area contributed by atoms with Crippen LogP contribution in [0.4, 0.5) is 0 Å². The van der Waals surface area contributed by atoms with Crippen LogP contribution in [0.25, 0.3) is 0 Å². The molecule has 2 bridgehead atoms. The fourth-order valence-electron chi connectivity index (χ4n) is 5.23. The number of ether oxygens (including phenoxy) is 1. The standard InChI is InChI=1S/C16H24O3/c1-14-6-8-16(9-7-14)11(13(18)19-3)4-5-12(16)15(14,2)10-17/h6,8,11-12,17H,4-5,7,9-10H2,1-3H3. The van der Waals surface area contributed by atoms with Gasteiger partial charge in [-0.3, -0.25) is 4.79 Å². The highest BCUT2D eigenvalue weighted by Crippen LogP contribution is 2.71. The second kappa shape index (κ2) is 3.85. The number of aliphatic hydroxyl groups excluding tert-OH is 1. The summed E-state index contributed by atoms with van der Waals surface area (Å²) in [5.41, 5.74) is -0.107. The lowest BCUT2D eigenvalue weighted by Gasteiger charge is -2.62. The Morgan fingerprint density at radius 3 is 2.58 bits per heavy atom. The van der Waals surface area contributed by atoms with Gasteiger partial charge in [0.15, 0.2) is 0 Å². The van der Waals surface area contributed by atoms with E-state index >= 15 is 0 Å². The van der Waals surface area contributed by atoms with Crippen LogP contribution in [-0.4, -0.2) is 24.8 Å². The Bertz CT molecular complexity index is 443. The van der Waals surface area contributed by atoms with Crippen LogP contribution < -0.4 is 0 Å². The van der Waals surface area contributed by atoms with Crippen LogP contribution in [0, 0.1) is 28.1 Å². The van der Waals surface area contributed by atoms with Gasteiger partial charge in [0.2, 0.25) is 0 Å². The topological polar surface area (TPSA) is 46.5 Å². The zero-order valence-corrected chi connectivity index (χ0v) is 12.1. The van der Waals surface area contributed by atoms with Crippen molar-refractivity contribution in [2.75, 3.05) is 13.7 Å². The minimum absolute atomic E-state index is 0.0190. The van der Waals surface area contributed by atoms with Gasteiger partial charge >= 0.3 is 5.97 Å². The third-order valence-corrected chi connectivity index (χ3v) is 6.77. The summed E-state index contributed by atoms with van der Waals surface area (Å²) in [6.07, 6.45) is 8.59. The summed E-state index contributed by atoms with van der Waals surface area (Å²) < 4.78 is 5.02. The maximum Gasteiger partial charge on any atom is 0.309 e. The molecule has 4 aliphatic carbocycles. The van der Waals surface area contributed by atoms with Crippen molar-refractivity contribution in [1.29, 1.82) is 0 Å². The van der Waals surface area contributed by atoms with Crippen molar-refractivity contribution < 1.29 is 14.6 Å². The van der Waals surface area contributed by atoms with Crippen molar-refractivity contribution in [1.82, 2.24) is 0 Å². The minimum Gasteiger partial charge on any atom is -0.469 e. The fourth-order valence-corrected chi connectivity index (χ4v) is 5.23. The Balaban J connectivity index is 2.09. The summed E-state index contributed by atoms with van der Waals surface area (Å²) in [7, 11) is 1.48. The lowest BCUT2D eigenvalue weighted by molar-refractivity contribution is -0.157. The van der Waals surface area contributed by atoms with Crippen molar-refractivity contribution in [2.45, 2.75) is 39.5 Å². The summed E-state index contributed by atoms with van der Waals surface area (Å²) in [5.74, 6) is 0.310. The summed E-state index contributed by atoms with van der Waals surface area (Å²) in [6.45, 7) is 4.66. The molecular formula is C16H24O3. The van der Waals surface area contributed by atoms with E-state index in [-0.39, 0.29) is 34.7 Å². The Kier molecular flexibility index (Phi) is 2.66. The molecule has 0 aromatic rings. The predicted molar refractivity (Wildman–Crippen MR) is 72.3 cm³/mol. The van der Waals surface area contributed by atoms with Crippen LogP contribution >= 0.6 is 0 Å². The monoisotopic (exact) mass is 264 g/mol. The second-order valence-corrected chi connectivity index (χ2v) is 7.14. The number of rotatable bonds is 2. The molecule has 0 radical (unpaired) electrons. The molecule has 5 atom stereocenters. The lowest BCUT2D eigenvalue weighted by Crippen LogP contribution is -2.58. The van der Waals surface area contributed by atoms with E-state index in [0.29, 0.717) is 5.92 Å². The first-order valence-corrected chi connectivity index (χ1v) is 7.33. The zero-order valence-electron chi connectivity index (χ0n) is 12.1. The first-order valence-electron chi connectivity index (χ1n) is 7.33. The Labute approximate surface area is 115 Å². The first-order chi connectivity index (χ1) is 8.93. The molecule has 0 aliphatic heterocycles. The van der Waals surface area contributed by atoms with Crippen molar-refractivity contribution >= 4 is 5.97 Å². The Morgan fingerprint density at radius 2 is 2.05 bits per heavy atom. The number of carbonyl (C=O) groups is 1. The smallest absolute Gasteiger partial charge is 0.309 e. The maximum atomic E-state index is 12.1. The summed E-state index contributed by atoms with van der Waals surface area (Å²) >= 11 is 0. The van der Waals surface area contributed by atoms with E-state index < -0.39 is 0 Å². The molecule has 2 saturated carbocycles. The normalized spacial score (nSPS) is 51.2. The number of aliphatic hydroxyl groups is 1. The third kappa shape index (κ3) is 1.35. The number of fused-ring (bicyclic) bond motifs is 1. The van der Waals surface area contributed by atoms with Gasteiger partial charge < -0.3 is 9.84 Å². The van der Waals surface area contributed by atoms with Gasteiger partial charge in [-0.25, -0.2) is 0 Å². The van der Waals surface area contributed by atoms with E-state index in [0.717, 1.165) is 25.7 Å². The van der Waals surface area contributed by atoms with Gasteiger partial charge in [0, 0.05) is 17.4 Å². The number of carbonyl (C=O) groups excluding carboxylic acids is 1. The van der Waals surface area contributed by atoms with Crippen molar-refractivity contribution in [3.63, 3.8) is 0 Å². The van der Waals surface area contributed by atoms with E-state index in [9.17, 15) is 9.90 Å². The highest BCUT2D eigenvalue weighted by molar-refractivity contribution is 5.74. The molecule has 0 heterocycles.